The highest BCUT2D eigenvalue weighted by Gasteiger charge is 2.06. The van der Waals surface area contributed by atoms with Gasteiger partial charge in [-0.05, 0) is 42.7 Å². The molecule has 26 heavy (non-hydrogen) atoms. The van der Waals surface area contributed by atoms with Gasteiger partial charge in [-0.1, -0.05) is 18.2 Å². The summed E-state index contributed by atoms with van der Waals surface area (Å²) in [5.74, 6) is 1.53. The van der Waals surface area contributed by atoms with Gasteiger partial charge in [-0.15, -0.1) is 24.0 Å². The third-order valence-electron chi connectivity index (χ3n) is 3.76. The van der Waals surface area contributed by atoms with Crippen molar-refractivity contribution in [3.63, 3.8) is 0 Å². The summed E-state index contributed by atoms with van der Waals surface area (Å²) in [5, 5.41) is 6.65. The number of hydrogen-bond acceptors (Lipinski definition) is 3. The first-order valence-electron chi connectivity index (χ1n) is 8.50. The first-order chi connectivity index (χ1) is 12.2. The average molecular weight is 471 g/mol. The Hall–Kier alpha value is -1.90. The number of pyridine rings is 1. The molecule has 2 rings (SSSR count). The summed E-state index contributed by atoms with van der Waals surface area (Å²) in [6.07, 6.45) is 3.86. The minimum atomic E-state index is -0.215. The maximum atomic E-state index is 13.0. The molecule has 1 aromatic heterocycles. The molecule has 142 valence electrons. The van der Waals surface area contributed by atoms with Crippen molar-refractivity contribution in [3.05, 3.63) is 60.0 Å². The van der Waals surface area contributed by atoms with Crippen LogP contribution in [-0.2, 0) is 6.54 Å². The summed E-state index contributed by atoms with van der Waals surface area (Å²) in [5.41, 5.74) is 1.05. The number of benzene rings is 1. The van der Waals surface area contributed by atoms with Gasteiger partial charge >= 0.3 is 0 Å². The molecule has 0 saturated heterocycles. The number of nitrogens with one attached hydrogen (secondary N) is 2. The van der Waals surface area contributed by atoms with Crippen molar-refractivity contribution in [1.29, 1.82) is 0 Å². The smallest absolute Gasteiger partial charge is 0.193 e. The molecule has 0 spiro atoms. The lowest BCUT2D eigenvalue weighted by Gasteiger charge is -2.22. The van der Waals surface area contributed by atoms with E-state index in [1.807, 2.05) is 30.1 Å². The van der Waals surface area contributed by atoms with E-state index in [1.54, 1.807) is 25.4 Å². The number of hydrogen-bond donors (Lipinski definition) is 2. The molecule has 0 amide bonds. The number of aliphatic imine (C=N–C) groups is 1. The number of guanidine groups is 1. The van der Waals surface area contributed by atoms with Crippen molar-refractivity contribution < 1.29 is 4.39 Å². The van der Waals surface area contributed by atoms with E-state index < -0.39 is 0 Å². The van der Waals surface area contributed by atoms with Crippen molar-refractivity contribution in [1.82, 2.24) is 15.2 Å². The molecule has 5 nitrogen and oxygen atoms in total. The Labute approximate surface area is 172 Å². The summed E-state index contributed by atoms with van der Waals surface area (Å²) >= 11 is 0. The van der Waals surface area contributed by atoms with Crippen LogP contribution in [0.1, 0.15) is 18.4 Å². The van der Waals surface area contributed by atoms with Crippen LogP contribution < -0.4 is 10.6 Å². The SMILES string of the molecule is CN=C(NCCCCNc1ccccn1)N(C)Cc1ccc(F)cc1.I. The molecule has 2 N–H and O–H groups in total. The molecule has 7 heteroatoms. The molecule has 0 aliphatic rings. The maximum Gasteiger partial charge on any atom is 0.193 e. The second kappa shape index (κ2) is 12.5. The van der Waals surface area contributed by atoms with E-state index in [-0.39, 0.29) is 29.8 Å². The lowest BCUT2D eigenvalue weighted by molar-refractivity contribution is 0.474. The molecule has 0 aliphatic carbocycles. The van der Waals surface area contributed by atoms with Crippen molar-refractivity contribution in [2.75, 3.05) is 32.5 Å². The molecule has 0 saturated carbocycles. The fraction of sp³-hybridized carbons (Fsp3) is 0.368. The van der Waals surface area contributed by atoms with Gasteiger partial charge in [-0.25, -0.2) is 9.37 Å². The zero-order chi connectivity index (χ0) is 17.9. The predicted molar refractivity (Wildman–Crippen MR) is 117 cm³/mol. The molecule has 1 aromatic carbocycles. The highest BCUT2D eigenvalue weighted by molar-refractivity contribution is 14.0. The van der Waals surface area contributed by atoms with E-state index >= 15 is 0 Å². The Morgan fingerprint density at radius 1 is 1.12 bits per heavy atom. The molecule has 0 radical (unpaired) electrons. The Morgan fingerprint density at radius 2 is 1.85 bits per heavy atom. The number of aromatic nitrogens is 1. The summed E-state index contributed by atoms with van der Waals surface area (Å²) in [6.45, 7) is 2.42. The van der Waals surface area contributed by atoms with Crippen LogP contribution in [0.3, 0.4) is 0 Å². The quantitative estimate of drug-likeness (QED) is 0.267. The monoisotopic (exact) mass is 471 g/mol. The fourth-order valence-corrected chi connectivity index (χ4v) is 2.46. The van der Waals surface area contributed by atoms with Crippen molar-refractivity contribution in [3.8, 4) is 0 Å². The Balaban J connectivity index is 0.00000338. The van der Waals surface area contributed by atoms with Crippen molar-refractivity contribution in [2.24, 2.45) is 4.99 Å². The summed E-state index contributed by atoms with van der Waals surface area (Å²) < 4.78 is 13.0. The standard InChI is InChI=1S/C19H26FN5.HI/c1-21-19(25(2)15-16-8-10-17(20)11-9-16)24-14-6-5-13-23-18-7-3-4-12-22-18;/h3-4,7-12H,5-6,13-15H2,1-2H3,(H,21,24)(H,22,23);1H. The number of unbranched alkanes of at least 4 members (excludes halogenated alkanes) is 1. The van der Waals surface area contributed by atoms with Gasteiger partial charge in [0.25, 0.3) is 0 Å². The minimum absolute atomic E-state index is 0. The normalized spacial score (nSPS) is 10.8. The fourth-order valence-electron chi connectivity index (χ4n) is 2.46. The lowest BCUT2D eigenvalue weighted by Crippen LogP contribution is -2.38. The highest BCUT2D eigenvalue weighted by atomic mass is 127. The van der Waals surface area contributed by atoms with Crippen LogP contribution in [0.5, 0.6) is 0 Å². The lowest BCUT2D eigenvalue weighted by atomic mass is 10.2. The molecule has 0 atom stereocenters. The van der Waals surface area contributed by atoms with Crippen LogP contribution in [0.4, 0.5) is 10.2 Å². The van der Waals surface area contributed by atoms with E-state index in [9.17, 15) is 4.39 Å². The number of halogens is 2. The van der Waals surface area contributed by atoms with Gasteiger partial charge in [0.05, 0.1) is 0 Å². The summed E-state index contributed by atoms with van der Waals surface area (Å²) in [6, 6.07) is 12.4. The summed E-state index contributed by atoms with van der Waals surface area (Å²) in [7, 11) is 3.74. The number of rotatable bonds is 8. The first kappa shape index (κ1) is 22.1. The minimum Gasteiger partial charge on any atom is -0.370 e. The van der Waals surface area contributed by atoms with Crippen LogP contribution in [0.2, 0.25) is 0 Å². The van der Waals surface area contributed by atoms with E-state index in [2.05, 4.69) is 20.6 Å². The zero-order valence-corrected chi connectivity index (χ0v) is 17.6. The Bertz CT molecular complexity index is 649. The van der Waals surface area contributed by atoms with Crippen LogP contribution in [0, 0.1) is 5.82 Å². The molecule has 1 heterocycles. The molecule has 2 aromatic rings. The van der Waals surface area contributed by atoms with Gasteiger partial charge in [0.2, 0.25) is 0 Å². The molecular formula is C19H27FIN5. The largest absolute Gasteiger partial charge is 0.370 e. The van der Waals surface area contributed by atoms with Gasteiger partial charge in [-0.3, -0.25) is 4.99 Å². The third kappa shape index (κ3) is 7.99. The molecule has 0 fully saturated rings. The Morgan fingerprint density at radius 3 is 2.50 bits per heavy atom. The second-order valence-corrected chi connectivity index (χ2v) is 5.81. The zero-order valence-electron chi connectivity index (χ0n) is 15.3. The van der Waals surface area contributed by atoms with E-state index in [4.69, 9.17) is 0 Å². The third-order valence-corrected chi connectivity index (χ3v) is 3.76. The van der Waals surface area contributed by atoms with Crippen LogP contribution in [0.15, 0.2) is 53.7 Å². The Kier molecular flexibility index (Phi) is 10.6. The highest BCUT2D eigenvalue weighted by Crippen LogP contribution is 2.06. The van der Waals surface area contributed by atoms with Gasteiger partial charge in [-0.2, -0.15) is 0 Å². The topological polar surface area (TPSA) is 52.6 Å². The predicted octanol–water partition coefficient (Wildman–Crippen LogP) is 3.74. The molecular weight excluding hydrogens is 444 g/mol. The summed E-state index contributed by atoms with van der Waals surface area (Å²) in [4.78, 5) is 10.6. The van der Waals surface area contributed by atoms with Crippen LogP contribution >= 0.6 is 24.0 Å². The average Bonchev–Trinajstić information content (AvgIpc) is 2.64. The van der Waals surface area contributed by atoms with E-state index in [0.717, 1.165) is 43.3 Å². The van der Waals surface area contributed by atoms with E-state index in [0.29, 0.717) is 6.54 Å². The second-order valence-electron chi connectivity index (χ2n) is 5.81. The van der Waals surface area contributed by atoms with E-state index in [1.165, 1.54) is 12.1 Å². The number of nitrogens with zero attached hydrogens (tertiary/aromatic N) is 3. The van der Waals surface area contributed by atoms with Crippen LogP contribution in [-0.4, -0.2) is 43.0 Å². The van der Waals surface area contributed by atoms with Gasteiger partial charge in [0.1, 0.15) is 11.6 Å². The van der Waals surface area contributed by atoms with Crippen molar-refractivity contribution in [2.45, 2.75) is 19.4 Å². The molecule has 0 bridgehead atoms. The maximum absolute atomic E-state index is 13.0. The number of anilines is 1. The molecule has 0 aliphatic heterocycles. The van der Waals surface area contributed by atoms with Crippen molar-refractivity contribution >= 4 is 35.8 Å². The van der Waals surface area contributed by atoms with Crippen LogP contribution in [0.25, 0.3) is 0 Å². The van der Waals surface area contributed by atoms with Gasteiger partial charge < -0.3 is 15.5 Å². The van der Waals surface area contributed by atoms with Gasteiger partial charge in [0, 0.05) is 39.9 Å². The van der Waals surface area contributed by atoms with Gasteiger partial charge in [0.15, 0.2) is 5.96 Å². The first-order valence-corrected chi connectivity index (χ1v) is 8.50. The molecule has 0 unspecified atom stereocenters.